The first-order valence-electron chi connectivity index (χ1n) is 7.08. The van der Waals surface area contributed by atoms with E-state index in [1.165, 1.54) is 18.0 Å². The number of carbonyl (C=O) groups excluding carboxylic acids is 1. The Kier molecular flexibility index (Phi) is 5.55. The summed E-state index contributed by atoms with van der Waals surface area (Å²) in [5.41, 5.74) is 1.04. The number of halogens is 3. The lowest BCUT2D eigenvalue weighted by atomic mass is 10.1. The Morgan fingerprint density at radius 2 is 1.96 bits per heavy atom. The lowest BCUT2D eigenvalue weighted by Crippen LogP contribution is -2.38. The minimum absolute atomic E-state index is 0.0349. The number of hydrogen-bond donors (Lipinski definition) is 1. The van der Waals surface area contributed by atoms with Crippen LogP contribution in [0, 0.1) is 11.6 Å². The summed E-state index contributed by atoms with van der Waals surface area (Å²) >= 11 is 6.10. The van der Waals surface area contributed by atoms with Gasteiger partial charge in [0.25, 0.3) is 0 Å². The molecule has 2 rings (SSSR count). The fraction of sp³-hybridized carbons (Fsp3) is 0.235. The van der Waals surface area contributed by atoms with E-state index in [1.807, 2.05) is 25.1 Å². The number of hydrogen-bond acceptors (Lipinski definition) is 1. The number of carbonyl (C=O) groups is 1. The Morgan fingerprint density at radius 1 is 1.26 bits per heavy atom. The van der Waals surface area contributed by atoms with Gasteiger partial charge in [-0.15, -0.1) is 0 Å². The maximum atomic E-state index is 13.6. The van der Waals surface area contributed by atoms with Crippen LogP contribution in [-0.4, -0.2) is 18.0 Å². The van der Waals surface area contributed by atoms with Gasteiger partial charge in [0.1, 0.15) is 11.6 Å². The van der Waals surface area contributed by atoms with E-state index >= 15 is 0 Å². The van der Waals surface area contributed by atoms with E-state index in [1.54, 1.807) is 6.07 Å². The van der Waals surface area contributed by atoms with Crippen molar-refractivity contribution in [2.45, 2.75) is 19.5 Å². The zero-order chi connectivity index (χ0) is 17.0. The van der Waals surface area contributed by atoms with Gasteiger partial charge in [-0.05, 0) is 24.6 Å². The number of amides is 2. The average molecular weight is 339 g/mol. The van der Waals surface area contributed by atoms with Crippen LogP contribution in [0.1, 0.15) is 24.1 Å². The number of nitrogens with one attached hydrogen (secondary N) is 1. The normalized spacial score (nSPS) is 11.9. The van der Waals surface area contributed by atoms with Crippen LogP contribution >= 0.6 is 11.6 Å². The van der Waals surface area contributed by atoms with Gasteiger partial charge < -0.3 is 10.2 Å². The van der Waals surface area contributed by atoms with Crippen molar-refractivity contribution in [3.63, 3.8) is 0 Å². The summed E-state index contributed by atoms with van der Waals surface area (Å²) in [5.74, 6) is -1.32. The summed E-state index contributed by atoms with van der Waals surface area (Å²) in [6.07, 6.45) is 0. The third kappa shape index (κ3) is 4.42. The maximum Gasteiger partial charge on any atom is 0.317 e. The Labute approximate surface area is 138 Å². The van der Waals surface area contributed by atoms with Gasteiger partial charge in [-0.1, -0.05) is 35.9 Å². The largest absolute Gasteiger partial charge is 0.331 e. The first-order valence-corrected chi connectivity index (χ1v) is 7.46. The molecular formula is C17H17ClF2N2O. The predicted octanol–water partition coefficient (Wildman–Crippen LogP) is 4.52. The van der Waals surface area contributed by atoms with Crippen LogP contribution in [0.2, 0.25) is 5.02 Å². The molecule has 23 heavy (non-hydrogen) atoms. The number of nitrogens with zero attached hydrogens (tertiary/aromatic N) is 1. The van der Waals surface area contributed by atoms with Gasteiger partial charge in [-0.2, -0.15) is 0 Å². The first-order chi connectivity index (χ1) is 10.9. The van der Waals surface area contributed by atoms with Crippen molar-refractivity contribution in [1.29, 1.82) is 0 Å². The van der Waals surface area contributed by atoms with Crippen molar-refractivity contribution in [2.24, 2.45) is 0 Å². The smallest absolute Gasteiger partial charge is 0.317 e. The Balaban J connectivity index is 2.01. The van der Waals surface area contributed by atoms with Gasteiger partial charge in [0, 0.05) is 30.2 Å². The molecule has 1 N–H and O–H groups in total. The van der Waals surface area contributed by atoms with E-state index in [0.29, 0.717) is 5.02 Å². The summed E-state index contributed by atoms with van der Waals surface area (Å²) in [7, 11) is 1.54. The molecule has 2 amide bonds. The van der Waals surface area contributed by atoms with Gasteiger partial charge in [0.2, 0.25) is 0 Å². The van der Waals surface area contributed by atoms with Crippen LogP contribution in [0.25, 0.3) is 0 Å². The molecule has 0 aliphatic rings. The highest BCUT2D eigenvalue weighted by molar-refractivity contribution is 6.31. The summed E-state index contributed by atoms with van der Waals surface area (Å²) in [4.78, 5) is 13.5. The Bertz CT molecular complexity index is 709. The first kappa shape index (κ1) is 17.2. The minimum Gasteiger partial charge on any atom is -0.331 e. The molecule has 1 unspecified atom stereocenters. The molecule has 0 heterocycles. The number of rotatable bonds is 4. The molecule has 2 aromatic carbocycles. The molecule has 6 heteroatoms. The van der Waals surface area contributed by atoms with E-state index < -0.39 is 11.6 Å². The highest BCUT2D eigenvalue weighted by atomic mass is 35.5. The van der Waals surface area contributed by atoms with Crippen LogP contribution in [0.4, 0.5) is 13.6 Å². The van der Waals surface area contributed by atoms with Crippen molar-refractivity contribution in [2.75, 3.05) is 7.05 Å². The average Bonchev–Trinajstić information content (AvgIpc) is 2.50. The molecule has 0 aliphatic carbocycles. The topological polar surface area (TPSA) is 32.3 Å². The second kappa shape index (κ2) is 7.42. The summed E-state index contributed by atoms with van der Waals surface area (Å²) in [6.45, 7) is 1.85. The summed E-state index contributed by atoms with van der Waals surface area (Å²) < 4.78 is 26.5. The third-order valence-corrected chi connectivity index (χ3v) is 3.83. The monoisotopic (exact) mass is 338 g/mol. The highest BCUT2D eigenvalue weighted by Crippen LogP contribution is 2.22. The molecule has 0 aliphatic heterocycles. The molecule has 1 atom stereocenters. The van der Waals surface area contributed by atoms with E-state index in [4.69, 9.17) is 11.6 Å². The molecule has 2 aromatic rings. The van der Waals surface area contributed by atoms with E-state index in [-0.39, 0.29) is 24.2 Å². The third-order valence-electron chi connectivity index (χ3n) is 3.48. The number of urea groups is 1. The fourth-order valence-corrected chi connectivity index (χ4v) is 2.48. The Hall–Kier alpha value is -2.14. The Morgan fingerprint density at radius 3 is 2.61 bits per heavy atom. The van der Waals surface area contributed by atoms with Crippen molar-refractivity contribution in [1.82, 2.24) is 10.2 Å². The van der Waals surface area contributed by atoms with Crippen molar-refractivity contribution < 1.29 is 13.6 Å². The zero-order valence-electron chi connectivity index (χ0n) is 12.8. The van der Waals surface area contributed by atoms with E-state index in [9.17, 15) is 13.6 Å². The van der Waals surface area contributed by atoms with Crippen molar-refractivity contribution in [3.8, 4) is 0 Å². The molecule has 0 saturated carbocycles. The second-order valence-corrected chi connectivity index (χ2v) is 5.69. The van der Waals surface area contributed by atoms with Crippen molar-refractivity contribution in [3.05, 3.63) is 70.2 Å². The van der Waals surface area contributed by atoms with Crippen LogP contribution in [-0.2, 0) is 6.54 Å². The molecule has 0 radical (unpaired) electrons. The van der Waals surface area contributed by atoms with Crippen LogP contribution in [0.5, 0.6) is 0 Å². The zero-order valence-corrected chi connectivity index (χ0v) is 13.6. The molecular weight excluding hydrogens is 322 g/mol. The molecule has 0 bridgehead atoms. The van der Waals surface area contributed by atoms with Crippen molar-refractivity contribution >= 4 is 17.6 Å². The standard InChI is InChI=1S/C17H17ClF2N2O/c1-11(14-5-3-4-6-15(14)18)21-17(23)22(2)10-12-7-8-13(19)9-16(12)20/h3-9,11H,10H2,1-2H3,(H,21,23). The van der Waals surface area contributed by atoms with Crippen LogP contribution in [0.15, 0.2) is 42.5 Å². The lowest BCUT2D eigenvalue weighted by molar-refractivity contribution is 0.203. The molecule has 122 valence electrons. The van der Waals surface area contributed by atoms with Gasteiger partial charge in [0.15, 0.2) is 0 Å². The fourth-order valence-electron chi connectivity index (χ4n) is 2.18. The van der Waals surface area contributed by atoms with Gasteiger partial charge in [0.05, 0.1) is 6.04 Å². The predicted molar refractivity (Wildman–Crippen MR) is 86.2 cm³/mol. The van der Waals surface area contributed by atoms with E-state index in [2.05, 4.69) is 5.32 Å². The van der Waals surface area contributed by atoms with Gasteiger partial charge in [-0.3, -0.25) is 0 Å². The second-order valence-electron chi connectivity index (χ2n) is 5.28. The van der Waals surface area contributed by atoms with Gasteiger partial charge >= 0.3 is 6.03 Å². The van der Waals surface area contributed by atoms with Crippen LogP contribution in [0.3, 0.4) is 0 Å². The van der Waals surface area contributed by atoms with Crippen LogP contribution < -0.4 is 5.32 Å². The molecule has 0 aromatic heterocycles. The van der Waals surface area contributed by atoms with E-state index in [0.717, 1.165) is 17.7 Å². The molecule has 0 spiro atoms. The highest BCUT2D eigenvalue weighted by Gasteiger charge is 2.16. The lowest BCUT2D eigenvalue weighted by Gasteiger charge is -2.22. The van der Waals surface area contributed by atoms with Gasteiger partial charge in [-0.25, -0.2) is 13.6 Å². The quantitative estimate of drug-likeness (QED) is 0.873. The minimum atomic E-state index is -0.677. The maximum absolute atomic E-state index is 13.6. The molecule has 3 nitrogen and oxygen atoms in total. The molecule has 0 saturated heterocycles. The summed E-state index contributed by atoms with van der Waals surface area (Å²) in [5, 5.41) is 3.36. The molecule has 0 fully saturated rings. The summed E-state index contributed by atoms with van der Waals surface area (Å²) in [6, 6.07) is 9.84. The SMILES string of the molecule is CC(NC(=O)N(C)Cc1ccc(F)cc1F)c1ccccc1Cl. The number of benzene rings is 2.